The fourth-order valence-corrected chi connectivity index (χ4v) is 4.42. The smallest absolute Gasteiger partial charge is 0.259 e. The van der Waals surface area contributed by atoms with Crippen molar-refractivity contribution in [1.82, 2.24) is 20.6 Å². The lowest BCUT2D eigenvalue weighted by atomic mass is 10.2. The fourth-order valence-electron chi connectivity index (χ4n) is 3.51. The van der Waals surface area contributed by atoms with Gasteiger partial charge in [0.15, 0.2) is 0 Å². The van der Waals surface area contributed by atoms with Gasteiger partial charge >= 0.3 is 0 Å². The van der Waals surface area contributed by atoms with Crippen LogP contribution in [-0.2, 0) is 4.79 Å². The minimum Gasteiger partial charge on any atom is -0.392 e. The number of rotatable bonds is 4. The highest BCUT2D eigenvalue weighted by Crippen LogP contribution is 2.32. The number of pyridine rings is 1. The maximum atomic E-state index is 12.6. The Morgan fingerprint density at radius 2 is 2.37 bits per heavy atom. The summed E-state index contributed by atoms with van der Waals surface area (Å²) in [7, 11) is 0. The van der Waals surface area contributed by atoms with Crippen LogP contribution in [0.15, 0.2) is 29.6 Å². The average Bonchev–Trinajstić information content (AvgIpc) is 3.25. The number of anilines is 1. The summed E-state index contributed by atoms with van der Waals surface area (Å²) in [6, 6.07) is 2.14. The van der Waals surface area contributed by atoms with Crippen LogP contribution in [0.25, 0.3) is 11.0 Å². The lowest BCUT2D eigenvalue weighted by Crippen LogP contribution is -2.38. The van der Waals surface area contributed by atoms with Crippen molar-refractivity contribution in [3.63, 3.8) is 0 Å². The number of carbonyl (C=O) groups is 1. The number of amides is 1. The Hall–Kier alpha value is -1.74. The highest BCUT2D eigenvalue weighted by atomic mass is 35.5. The molecule has 2 aromatic heterocycles. The zero-order valence-corrected chi connectivity index (χ0v) is 16.7. The summed E-state index contributed by atoms with van der Waals surface area (Å²) in [6.45, 7) is 4.04. The Bertz CT molecular complexity index is 855. The van der Waals surface area contributed by atoms with E-state index in [9.17, 15) is 9.90 Å². The van der Waals surface area contributed by atoms with E-state index in [1.54, 1.807) is 18.0 Å². The average molecular weight is 410 g/mol. The van der Waals surface area contributed by atoms with Crippen molar-refractivity contribution in [3.05, 3.63) is 35.1 Å². The number of aromatic nitrogens is 2. The Balaban J connectivity index is 0.00000210. The van der Waals surface area contributed by atoms with Gasteiger partial charge in [-0.3, -0.25) is 4.79 Å². The van der Waals surface area contributed by atoms with Crippen LogP contribution < -0.4 is 15.5 Å². The normalized spacial score (nSPS) is 22.4. The van der Waals surface area contributed by atoms with E-state index >= 15 is 0 Å². The van der Waals surface area contributed by atoms with E-state index < -0.39 is 0 Å². The topological polar surface area (TPSA) is 93.3 Å². The standard InChI is InChI=1S/C18H23N5O2S.ClH/c1-11-7-21-17-16(11)14(2-3-19-17)23-4-5-26-15(10-23)18(25)22-8-12-6-13(24)9-20-12;/h2-3,7,10,12-13,20,24H,4-6,8-9H2,1H3,(H,19,21)(H,22,25);1H/t12-,13-;/m1./s1. The Morgan fingerprint density at radius 1 is 1.52 bits per heavy atom. The third-order valence-corrected chi connectivity index (χ3v) is 5.84. The Morgan fingerprint density at radius 3 is 3.15 bits per heavy atom. The molecule has 0 unspecified atom stereocenters. The summed E-state index contributed by atoms with van der Waals surface area (Å²) in [4.78, 5) is 23.0. The molecule has 0 bridgehead atoms. The summed E-state index contributed by atoms with van der Waals surface area (Å²) in [5.41, 5.74) is 3.08. The van der Waals surface area contributed by atoms with E-state index in [0.717, 1.165) is 34.6 Å². The molecule has 2 atom stereocenters. The van der Waals surface area contributed by atoms with Crippen LogP contribution in [-0.4, -0.2) is 58.5 Å². The van der Waals surface area contributed by atoms with E-state index in [2.05, 4.69) is 32.4 Å². The van der Waals surface area contributed by atoms with Crippen LogP contribution in [0, 0.1) is 6.92 Å². The monoisotopic (exact) mass is 409 g/mol. The Labute approximate surface area is 168 Å². The van der Waals surface area contributed by atoms with Crippen LogP contribution in [0.1, 0.15) is 12.0 Å². The molecule has 4 heterocycles. The molecule has 1 saturated heterocycles. The van der Waals surface area contributed by atoms with Crippen molar-refractivity contribution >= 4 is 46.8 Å². The van der Waals surface area contributed by atoms with Gasteiger partial charge in [-0.05, 0) is 25.0 Å². The second kappa shape index (κ2) is 8.52. The van der Waals surface area contributed by atoms with Crippen LogP contribution >= 0.6 is 24.2 Å². The molecular formula is C18H24ClN5O2S. The van der Waals surface area contributed by atoms with E-state index in [0.29, 0.717) is 24.4 Å². The maximum Gasteiger partial charge on any atom is 0.259 e. The van der Waals surface area contributed by atoms with Gasteiger partial charge < -0.3 is 25.6 Å². The number of thioether (sulfide) groups is 1. The first-order chi connectivity index (χ1) is 12.6. The predicted octanol–water partition coefficient (Wildman–Crippen LogP) is 1.53. The SMILES string of the molecule is Cc1c[nH]c2nccc(N3C=C(C(=O)NC[C@H]4C[C@@H](O)CN4)SCC3)c12.Cl. The Kier molecular flexibility index (Phi) is 6.31. The molecule has 4 rings (SSSR count). The van der Waals surface area contributed by atoms with Gasteiger partial charge in [-0.2, -0.15) is 0 Å². The van der Waals surface area contributed by atoms with Crippen molar-refractivity contribution in [1.29, 1.82) is 0 Å². The molecule has 0 spiro atoms. The highest BCUT2D eigenvalue weighted by Gasteiger charge is 2.24. The molecule has 1 amide bonds. The molecule has 1 fully saturated rings. The van der Waals surface area contributed by atoms with Crippen molar-refractivity contribution in [2.45, 2.75) is 25.5 Å². The zero-order valence-electron chi connectivity index (χ0n) is 15.1. The van der Waals surface area contributed by atoms with E-state index in [1.807, 2.05) is 18.5 Å². The summed E-state index contributed by atoms with van der Waals surface area (Å²) in [5, 5.41) is 16.9. The number of hydrogen-bond donors (Lipinski definition) is 4. The number of hydrogen-bond acceptors (Lipinski definition) is 6. The van der Waals surface area contributed by atoms with Gasteiger partial charge in [0.05, 0.1) is 16.7 Å². The lowest BCUT2D eigenvalue weighted by Gasteiger charge is -2.27. The van der Waals surface area contributed by atoms with Crippen LogP contribution in [0.2, 0.25) is 0 Å². The van der Waals surface area contributed by atoms with E-state index in [1.165, 1.54) is 0 Å². The number of fused-ring (bicyclic) bond motifs is 1. The molecule has 2 aliphatic rings. The zero-order chi connectivity index (χ0) is 18.1. The van der Waals surface area contributed by atoms with Crippen LogP contribution in [0.3, 0.4) is 0 Å². The van der Waals surface area contributed by atoms with E-state index in [-0.39, 0.29) is 30.5 Å². The molecule has 0 aliphatic carbocycles. The molecule has 2 aliphatic heterocycles. The first kappa shape index (κ1) is 20.0. The van der Waals surface area contributed by atoms with Crippen LogP contribution in [0.4, 0.5) is 5.69 Å². The number of H-pyrrole nitrogens is 1. The fraction of sp³-hybridized carbons (Fsp3) is 0.444. The summed E-state index contributed by atoms with van der Waals surface area (Å²) in [6.07, 6.45) is 6.05. The summed E-state index contributed by atoms with van der Waals surface area (Å²) in [5.74, 6) is 0.798. The van der Waals surface area contributed by atoms with Gasteiger partial charge in [0.1, 0.15) is 5.65 Å². The second-order valence-corrected chi connectivity index (χ2v) is 7.90. The minimum absolute atomic E-state index is 0. The predicted molar refractivity (Wildman–Crippen MR) is 111 cm³/mol. The molecule has 9 heteroatoms. The maximum absolute atomic E-state index is 12.6. The second-order valence-electron chi connectivity index (χ2n) is 6.77. The number of nitrogens with one attached hydrogen (secondary N) is 3. The lowest BCUT2D eigenvalue weighted by molar-refractivity contribution is -0.116. The van der Waals surface area contributed by atoms with Crippen molar-refractivity contribution in [2.24, 2.45) is 0 Å². The summed E-state index contributed by atoms with van der Waals surface area (Å²) < 4.78 is 0. The number of aliphatic hydroxyl groups excluding tert-OH is 1. The highest BCUT2D eigenvalue weighted by molar-refractivity contribution is 8.04. The first-order valence-electron chi connectivity index (χ1n) is 8.85. The number of carbonyl (C=O) groups excluding carboxylic acids is 1. The number of aromatic amines is 1. The molecule has 0 aromatic carbocycles. The van der Waals surface area contributed by atoms with Crippen molar-refractivity contribution in [2.75, 3.05) is 30.3 Å². The third kappa shape index (κ3) is 4.24. The van der Waals surface area contributed by atoms with Crippen LogP contribution in [0.5, 0.6) is 0 Å². The van der Waals surface area contributed by atoms with Gasteiger partial charge in [-0.1, -0.05) is 0 Å². The number of aliphatic hydroxyl groups is 1. The molecular weight excluding hydrogens is 386 g/mol. The number of β-amino-alcohol motifs (C(OH)–C–C–N with tert-alkyl or cyclic N) is 1. The van der Waals surface area contributed by atoms with Crippen molar-refractivity contribution < 1.29 is 9.90 Å². The first-order valence-corrected chi connectivity index (χ1v) is 9.84. The van der Waals surface area contributed by atoms with Gasteiger partial charge in [0.2, 0.25) is 0 Å². The summed E-state index contributed by atoms with van der Waals surface area (Å²) >= 11 is 1.58. The number of halogens is 1. The molecule has 7 nitrogen and oxygen atoms in total. The van der Waals surface area contributed by atoms with Gasteiger partial charge in [-0.25, -0.2) is 4.98 Å². The quantitative estimate of drug-likeness (QED) is 0.612. The number of aryl methyl sites for hydroxylation is 1. The molecule has 146 valence electrons. The van der Waals surface area contributed by atoms with Crippen molar-refractivity contribution in [3.8, 4) is 0 Å². The molecule has 2 aromatic rings. The van der Waals surface area contributed by atoms with Gasteiger partial charge in [0.25, 0.3) is 5.91 Å². The number of nitrogens with zero attached hydrogens (tertiary/aromatic N) is 2. The van der Waals surface area contributed by atoms with Gasteiger partial charge in [-0.15, -0.1) is 24.2 Å². The van der Waals surface area contributed by atoms with Gasteiger partial charge in [0, 0.05) is 55.4 Å². The molecule has 4 N–H and O–H groups in total. The van der Waals surface area contributed by atoms with E-state index in [4.69, 9.17) is 0 Å². The molecule has 0 saturated carbocycles. The molecule has 0 radical (unpaired) electrons. The largest absolute Gasteiger partial charge is 0.392 e. The minimum atomic E-state index is -0.311. The molecule has 27 heavy (non-hydrogen) atoms. The third-order valence-electron chi connectivity index (χ3n) is 4.85.